The minimum Gasteiger partial charge on any atom is -1.00 e. The average Bonchev–Trinajstić information content (AvgIpc) is 2.79. The van der Waals surface area contributed by atoms with Gasteiger partial charge >= 0.3 is 5.91 Å². The third-order valence-electron chi connectivity index (χ3n) is 3.32. The van der Waals surface area contributed by atoms with Crippen molar-refractivity contribution in [3.05, 3.63) is 23.3 Å². The molecule has 0 aliphatic carbocycles. The van der Waals surface area contributed by atoms with Crippen LogP contribution in [-0.2, 0) is 11.2 Å². The molecule has 0 saturated carbocycles. The summed E-state index contributed by atoms with van der Waals surface area (Å²) in [4.78, 5) is 11.7. The molecular weight excluding hydrogens is 330 g/mol. The average molecular weight is 344 g/mol. The third-order valence-corrected chi connectivity index (χ3v) is 4.43. The Balaban J connectivity index is 0.00000133. The van der Waals surface area contributed by atoms with Crippen molar-refractivity contribution in [2.75, 3.05) is 26.5 Å². The molecule has 0 saturated heterocycles. The van der Waals surface area contributed by atoms with Crippen LogP contribution in [0.2, 0.25) is 0 Å². The van der Waals surface area contributed by atoms with Gasteiger partial charge in [0.15, 0.2) is 18.0 Å². The molecular formula is C13H14BrNO3S. The van der Waals surface area contributed by atoms with Crippen LogP contribution in [0.4, 0.5) is 0 Å². The van der Waals surface area contributed by atoms with E-state index in [1.807, 2.05) is 16.7 Å². The third kappa shape index (κ3) is 2.27. The fourth-order valence-electron chi connectivity index (χ4n) is 2.41. The maximum atomic E-state index is 11.7. The van der Waals surface area contributed by atoms with Gasteiger partial charge in [-0.25, -0.2) is 4.79 Å². The number of carbonyl (C=O) groups excluding carboxylic acids is 1. The first kappa shape index (κ1) is 14.4. The zero-order chi connectivity index (χ0) is 12.7. The highest BCUT2D eigenvalue weighted by Crippen LogP contribution is 2.35. The molecule has 1 aromatic carbocycles. The molecule has 3 rings (SSSR count). The highest BCUT2D eigenvalue weighted by molar-refractivity contribution is 8.15. The molecule has 0 unspecified atom stereocenters. The number of thioether (sulfide) groups is 1. The Morgan fingerprint density at radius 3 is 2.58 bits per heavy atom. The van der Waals surface area contributed by atoms with Crippen LogP contribution in [0.3, 0.4) is 0 Å². The van der Waals surface area contributed by atoms with Crippen molar-refractivity contribution in [2.24, 2.45) is 0 Å². The van der Waals surface area contributed by atoms with Crippen molar-refractivity contribution in [2.45, 2.75) is 6.42 Å². The number of ether oxygens (including phenoxy) is 2. The van der Waals surface area contributed by atoms with Gasteiger partial charge < -0.3 is 26.5 Å². The molecule has 6 heteroatoms. The van der Waals surface area contributed by atoms with Gasteiger partial charge in [0, 0.05) is 6.42 Å². The number of carbonyl (C=O) groups is 1. The van der Waals surface area contributed by atoms with E-state index in [0.717, 1.165) is 29.3 Å². The van der Waals surface area contributed by atoms with Gasteiger partial charge in [0.1, 0.15) is 5.75 Å². The number of benzene rings is 1. The van der Waals surface area contributed by atoms with Crippen LogP contribution in [0.1, 0.15) is 11.1 Å². The van der Waals surface area contributed by atoms with Gasteiger partial charge in [-0.3, -0.25) is 0 Å². The van der Waals surface area contributed by atoms with Crippen molar-refractivity contribution < 1.29 is 35.8 Å². The lowest BCUT2D eigenvalue weighted by Gasteiger charge is -2.15. The first-order chi connectivity index (χ1) is 8.74. The first-order valence-corrected chi connectivity index (χ1v) is 6.78. The Morgan fingerprint density at radius 2 is 1.89 bits per heavy atom. The van der Waals surface area contributed by atoms with Crippen LogP contribution in [0.5, 0.6) is 11.5 Å². The number of nitrogens with zero attached hydrogens (tertiary/aromatic N) is 1. The second-order valence-electron chi connectivity index (χ2n) is 4.25. The molecule has 0 N–H and O–H groups in total. The minimum absolute atomic E-state index is 0. The fraction of sp³-hybridized carbons (Fsp3) is 0.385. The SMILES string of the molecule is COc1cc2c(cc1OC)C1=[N+](CC2)C(=O)CS1.[Br-]. The molecule has 2 aliphatic rings. The van der Waals surface area contributed by atoms with E-state index in [9.17, 15) is 4.79 Å². The van der Waals surface area contributed by atoms with Crippen molar-refractivity contribution >= 4 is 22.7 Å². The fourth-order valence-corrected chi connectivity index (χ4v) is 3.52. The van der Waals surface area contributed by atoms with Crippen LogP contribution in [0.15, 0.2) is 12.1 Å². The zero-order valence-corrected chi connectivity index (χ0v) is 13.1. The van der Waals surface area contributed by atoms with Crippen LogP contribution < -0.4 is 26.5 Å². The molecule has 0 fully saturated rings. The lowest BCUT2D eigenvalue weighted by atomic mass is 10.0. The summed E-state index contributed by atoms with van der Waals surface area (Å²) in [6.07, 6.45) is 0.867. The van der Waals surface area contributed by atoms with E-state index in [2.05, 4.69) is 0 Å². The standard InChI is InChI=1S/C13H14NO3S.BrH/c1-16-10-5-8-3-4-14-12(15)7-18-13(14)9(8)6-11(10)17-2;/h5-6H,3-4,7H2,1-2H3;1H/q+1;/p-1. The molecule has 19 heavy (non-hydrogen) atoms. The molecule has 1 amide bonds. The van der Waals surface area contributed by atoms with Gasteiger partial charge in [-0.15, -0.1) is 0 Å². The Hall–Kier alpha value is -1.01. The number of hydrogen-bond donors (Lipinski definition) is 0. The van der Waals surface area contributed by atoms with E-state index < -0.39 is 0 Å². The normalized spacial score (nSPS) is 16.6. The molecule has 0 bridgehead atoms. The summed E-state index contributed by atoms with van der Waals surface area (Å²) in [5, 5.41) is 1.06. The van der Waals surface area contributed by atoms with Crippen LogP contribution in [0, 0.1) is 0 Å². The highest BCUT2D eigenvalue weighted by Gasteiger charge is 2.38. The molecule has 0 spiro atoms. The molecule has 0 radical (unpaired) electrons. The van der Waals surface area contributed by atoms with Crippen LogP contribution in [0.25, 0.3) is 0 Å². The van der Waals surface area contributed by atoms with E-state index in [1.54, 1.807) is 26.0 Å². The zero-order valence-electron chi connectivity index (χ0n) is 10.7. The molecule has 0 aromatic heterocycles. The Morgan fingerprint density at radius 1 is 1.21 bits per heavy atom. The van der Waals surface area contributed by atoms with E-state index >= 15 is 0 Å². The van der Waals surface area contributed by atoms with Gasteiger partial charge in [0.25, 0.3) is 5.04 Å². The summed E-state index contributed by atoms with van der Waals surface area (Å²) in [6.45, 7) is 0.768. The van der Waals surface area contributed by atoms with Gasteiger partial charge in [0.2, 0.25) is 0 Å². The predicted octanol–water partition coefficient (Wildman–Crippen LogP) is -1.70. The van der Waals surface area contributed by atoms with Gasteiger partial charge in [0.05, 0.1) is 19.8 Å². The van der Waals surface area contributed by atoms with Crippen molar-refractivity contribution in [1.82, 2.24) is 0 Å². The summed E-state index contributed by atoms with van der Waals surface area (Å²) >= 11 is 1.61. The summed E-state index contributed by atoms with van der Waals surface area (Å²) in [6, 6.07) is 3.99. The second kappa shape index (κ2) is 5.54. The first-order valence-electron chi connectivity index (χ1n) is 5.80. The number of hydrogen-bond acceptors (Lipinski definition) is 4. The topological polar surface area (TPSA) is 38.5 Å². The van der Waals surface area contributed by atoms with E-state index in [-0.39, 0.29) is 22.9 Å². The van der Waals surface area contributed by atoms with Crippen molar-refractivity contribution in [3.8, 4) is 11.5 Å². The molecule has 102 valence electrons. The van der Waals surface area contributed by atoms with E-state index in [1.165, 1.54) is 5.56 Å². The largest absolute Gasteiger partial charge is 1.00 e. The number of fused-ring (bicyclic) bond motifs is 2. The molecule has 2 heterocycles. The van der Waals surface area contributed by atoms with Crippen LogP contribution >= 0.6 is 11.8 Å². The number of methoxy groups -OCH3 is 2. The van der Waals surface area contributed by atoms with Crippen LogP contribution in [-0.4, -0.2) is 42.0 Å². The molecule has 2 aliphatic heterocycles. The second-order valence-corrected chi connectivity index (χ2v) is 5.22. The Labute approximate surface area is 126 Å². The van der Waals surface area contributed by atoms with Gasteiger partial charge in [-0.2, -0.15) is 4.58 Å². The summed E-state index contributed by atoms with van der Waals surface area (Å²) in [5.74, 6) is 2.21. The lowest BCUT2D eigenvalue weighted by molar-refractivity contribution is -0.442. The van der Waals surface area contributed by atoms with Crippen molar-refractivity contribution in [1.29, 1.82) is 0 Å². The number of amides is 1. The summed E-state index contributed by atoms with van der Waals surface area (Å²) in [5.41, 5.74) is 2.33. The number of rotatable bonds is 2. The maximum Gasteiger partial charge on any atom is 0.398 e. The summed E-state index contributed by atoms with van der Waals surface area (Å²) in [7, 11) is 3.27. The molecule has 0 atom stereocenters. The summed E-state index contributed by atoms with van der Waals surface area (Å²) < 4.78 is 12.5. The Kier molecular flexibility index (Phi) is 4.20. The van der Waals surface area contributed by atoms with Gasteiger partial charge in [-0.05, 0) is 29.5 Å². The monoisotopic (exact) mass is 343 g/mol. The Bertz CT molecular complexity index is 571. The van der Waals surface area contributed by atoms with E-state index in [0.29, 0.717) is 11.5 Å². The maximum absolute atomic E-state index is 11.7. The quantitative estimate of drug-likeness (QED) is 0.600. The number of halogens is 1. The smallest absolute Gasteiger partial charge is 0.398 e. The highest BCUT2D eigenvalue weighted by atomic mass is 79.9. The van der Waals surface area contributed by atoms with Crippen molar-refractivity contribution in [3.63, 3.8) is 0 Å². The van der Waals surface area contributed by atoms with Gasteiger partial charge in [-0.1, -0.05) is 0 Å². The molecule has 4 nitrogen and oxygen atoms in total. The minimum atomic E-state index is 0. The molecule has 1 aromatic rings. The predicted molar refractivity (Wildman–Crippen MR) is 70.0 cm³/mol. The lowest BCUT2D eigenvalue weighted by Crippen LogP contribution is -3.00. The van der Waals surface area contributed by atoms with E-state index in [4.69, 9.17) is 9.47 Å².